The van der Waals surface area contributed by atoms with Crippen molar-refractivity contribution in [3.8, 4) is 0 Å². The second kappa shape index (κ2) is 13.7. The zero-order valence-corrected chi connectivity index (χ0v) is 15.1. The largest absolute Gasteiger partial charge is 0.349 e. The molecule has 3 atom stereocenters. The minimum atomic E-state index is 0.634. The van der Waals surface area contributed by atoms with Crippen molar-refractivity contribution in [2.75, 3.05) is 0 Å². The molecule has 0 aliphatic heterocycles. The molecule has 0 aromatic rings. The van der Waals surface area contributed by atoms with E-state index >= 15 is 0 Å². The molecule has 0 heterocycles. The van der Waals surface area contributed by atoms with Gasteiger partial charge in [-0.3, -0.25) is 0 Å². The Morgan fingerprint density at radius 3 is 2.24 bits per heavy atom. The molecule has 0 amide bonds. The summed E-state index contributed by atoms with van der Waals surface area (Å²) in [6, 6.07) is 0.634. The first-order valence-electron chi connectivity index (χ1n) is 8.33. The summed E-state index contributed by atoms with van der Waals surface area (Å²) in [5.74, 6) is 1.74. The minimum absolute atomic E-state index is 0.634. The molecule has 0 aromatic heterocycles. The van der Waals surface area contributed by atoms with Crippen LogP contribution in [-0.4, -0.2) is 10.9 Å². The Kier molecular flexibility index (Phi) is 14.4. The fraction of sp³-hybridized carbons (Fsp3) is 0.600. The molecule has 1 unspecified atom stereocenters. The predicted molar refractivity (Wildman–Crippen MR) is 99.2 cm³/mol. The molecule has 0 saturated heterocycles. The third-order valence-corrected chi connectivity index (χ3v) is 3.90. The van der Waals surface area contributed by atoms with Crippen molar-refractivity contribution >= 4 is 0 Å². The van der Waals surface area contributed by atoms with Crippen LogP contribution in [0.5, 0.6) is 0 Å². The third kappa shape index (κ3) is 7.94. The van der Waals surface area contributed by atoms with E-state index in [1.165, 1.54) is 25.7 Å². The summed E-state index contributed by atoms with van der Waals surface area (Å²) in [4.78, 5) is 2.33. The lowest BCUT2D eigenvalue weighted by molar-refractivity contribution is 0.331. The van der Waals surface area contributed by atoms with E-state index in [9.17, 15) is 0 Å². The van der Waals surface area contributed by atoms with Crippen molar-refractivity contribution in [2.24, 2.45) is 11.8 Å². The van der Waals surface area contributed by atoms with Crippen molar-refractivity contribution in [3.05, 3.63) is 50.4 Å². The summed E-state index contributed by atoms with van der Waals surface area (Å²) in [6.07, 6.45) is 11.2. The van der Waals surface area contributed by atoms with Crippen molar-refractivity contribution in [2.45, 2.75) is 66.3 Å². The minimum Gasteiger partial charge on any atom is -0.349 e. The van der Waals surface area contributed by atoms with E-state index in [4.69, 9.17) is 0 Å². The molecular weight excluding hydrogens is 254 g/mol. The second-order valence-corrected chi connectivity index (χ2v) is 5.37. The van der Waals surface area contributed by atoms with Gasteiger partial charge >= 0.3 is 0 Å². The summed E-state index contributed by atoms with van der Waals surface area (Å²) in [5, 5.41) is 0. The van der Waals surface area contributed by atoms with Gasteiger partial charge in [0.25, 0.3) is 0 Å². The van der Waals surface area contributed by atoms with Gasteiger partial charge in [-0.05, 0) is 37.7 Å². The van der Waals surface area contributed by atoms with Crippen LogP contribution in [0.3, 0.4) is 0 Å². The van der Waals surface area contributed by atoms with E-state index in [1.807, 2.05) is 26.0 Å². The van der Waals surface area contributed by atoms with E-state index in [2.05, 4.69) is 58.2 Å². The maximum atomic E-state index is 4.09. The highest BCUT2D eigenvalue weighted by atomic mass is 15.1. The summed E-state index contributed by atoms with van der Waals surface area (Å²) in [7, 11) is 0. The third-order valence-electron chi connectivity index (χ3n) is 3.90. The molecule has 0 radical (unpaired) electrons. The molecule has 1 saturated carbocycles. The van der Waals surface area contributed by atoms with Gasteiger partial charge in [-0.1, -0.05) is 59.8 Å². The Morgan fingerprint density at radius 1 is 1.24 bits per heavy atom. The van der Waals surface area contributed by atoms with Crippen LogP contribution in [0.1, 0.15) is 60.3 Å². The first-order valence-corrected chi connectivity index (χ1v) is 8.33. The van der Waals surface area contributed by atoms with Gasteiger partial charge in [-0.2, -0.15) is 0 Å². The van der Waals surface area contributed by atoms with Gasteiger partial charge in [0.2, 0.25) is 0 Å². The van der Waals surface area contributed by atoms with Crippen LogP contribution in [0.4, 0.5) is 0 Å². The van der Waals surface area contributed by atoms with Gasteiger partial charge in [0.05, 0.1) is 0 Å². The average Bonchev–Trinajstić information content (AvgIpc) is 2.85. The van der Waals surface area contributed by atoms with Crippen LogP contribution in [0, 0.1) is 11.8 Å². The fourth-order valence-electron chi connectivity index (χ4n) is 3.01. The Bertz CT molecular complexity index is 303. The topological polar surface area (TPSA) is 3.24 Å². The maximum absolute atomic E-state index is 4.09. The zero-order chi connectivity index (χ0) is 16.8. The standard InChI is InChI=1S/C16H27N.C2H6.C2H4/c1-6-8-10-17(13(3)4)16-11-14(5)15(12-16)9-7-2;2*1-2/h6,8,10,14-16H,1,3,7,9,11-12H2,2,4-5H3;1-2H3;1-2H2/b10-8-;;/t14-,15?,16+;;/m1../s1. The van der Waals surface area contributed by atoms with Crippen molar-refractivity contribution in [1.82, 2.24) is 4.90 Å². The molecule has 0 aromatic carbocycles. The van der Waals surface area contributed by atoms with Crippen LogP contribution >= 0.6 is 0 Å². The lowest BCUT2D eigenvalue weighted by atomic mass is 9.94. The highest BCUT2D eigenvalue weighted by molar-refractivity contribution is 5.07. The SMILES string of the molecule is C=C.C=C/C=C\N(C(=C)C)[C@@H]1CC(CCC)[C@H](C)C1.CC. The Balaban J connectivity index is 0. The van der Waals surface area contributed by atoms with Crippen molar-refractivity contribution in [3.63, 3.8) is 0 Å². The lowest BCUT2D eigenvalue weighted by Crippen LogP contribution is -2.26. The molecule has 1 rings (SSSR count). The number of hydrogen-bond acceptors (Lipinski definition) is 1. The van der Waals surface area contributed by atoms with Crippen molar-refractivity contribution in [1.29, 1.82) is 0 Å². The summed E-state index contributed by atoms with van der Waals surface area (Å²) in [5.41, 5.74) is 1.14. The number of hydrogen-bond donors (Lipinski definition) is 0. The molecule has 21 heavy (non-hydrogen) atoms. The summed E-state index contributed by atoms with van der Waals surface area (Å²) in [6.45, 7) is 24.6. The van der Waals surface area contributed by atoms with E-state index in [1.54, 1.807) is 0 Å². The Hall–Kier alpha value is -1.24. The fourth-order valence-corrected chi connectivity index (χ4v) is 3.01. The van der Waals surface area contributed by atoms with Gasteiger partial charge in [-0.15, -0.1) is 13.2 Å². The smallest absolute Gasteiger partial charge is 0.0338 e. The lowest BCUT2D eigenvalue weighted by Gasteiger charge is -2.28. The normalized spacial score (nSPS) is 23.6. The first kappa shape index (κ1) is 22.0. The second-order valence-electron chi connectivity index (χ2n) is 5.37. The molecule has 1 nitrogen and oxygen atoms in total. The number of rotatable bonds is 6. The van der Waals surface area contributed by atoms with Crippen molar-refractivity contribution < 1.29 is 0 Å². The van der Waals surface area contributed by atoms with Gasteiger partial charge in [-0.25, -0.2) is 0 Å². The predicted octanol–water partition coefficient (Wildman–Crippen LogP) is 6.56. The first-order chi connectivity index (χ1) is 10.1. The van der Waals surface area contributed by atoms with Crippen LogP contribution in [-0.2, 0) is 0 Å². The van der Waals surface area contributed by atoms with Gasteiger partial charge in [0, 0.05) is 17.9 Å². The molecular formula is C20H37N. The van der Waals surface area contributed by atoms with Crippen LogP contribution < -0.4 is 0 Å². The van der Waals surface area contributed by atoms with Gasteiger partial charge in [0.1, 0.15) is 0 Å². The maximum Gasteiger partial charge on any atom is 0.0338 e. The molecule has 1 heteroatoms. The molecule has 0 bridgehead atoms. The molecule has 1 aliphatic rings. The Morgan fingerprint density at radius 2 is 1.81 bits per heavy atom. The van der Waals surface area contributed by atoms with Gasteiger partial charge in [0.15, 0.2) is 0 Å². The number of nitrogens with zero attached hydrogens (tertiary/aromatic N) is 1. The molecule has 0 N–H and O–H groups in total. The van der Waals surface area contributed by atoms with Crippen LogP contribution in [0.15, 0.2) is 50.4 Å². The van der Waals surface area contributed by atoms with Crippen LogP contribution in [0.25, 0.3) is 0 Å². The highest BCUT2D eigenvalue weighted by Crippen LogP contribution is 2.38. The average molecular weight is 292 g/mol. The molecule has 1 fully saturated rings. The van der Waals surface area contributed by atoms with Crippen LogP contribution in [0.2, 0.25) is 0 Å². The van der Waals surface area contributed by atoms with E-state index in [0.717, 1.165) is 17.5 Å². The molecule has 0 spiro atoms. The molecule has 122 valence electrons. The highest BCUT2D eigenvalue weighted by Gasteiger charge is 2.33. The van der Waals surface area contributed by atoms with Gasteiger partial charge < -0.3 is 4.90 Å². The molecule has 1 aliphatic carbocycles. The number of allylic oxidation sites excluding steroid dienone is 3. The van der Waals surface area contributed by atoms with E-state index in [-0.39, 0.29) is 0 Å². The summed E-state index contributed by atoms with van der Waals surface area (Å²) >= 11 is 0. The Labute approximate surface area is 134 Å². The van der Waals surface area contributed by atoms with E-state index < -0.39 is 0 Å². The quantitative estimate of drug-likeness (QED) is 0.395. The zero-order valence-electron chi connectivity index (χ0n) is 15.1. The monoisotopic (exact) mass is 291 g/mol. The summed E-state index contributed by atoms with van der Waals surface area (Å²) < 4.78 is 0. The van der Waals surface area contributed by atoms with E-state index in [0.29, 0.717) is 6.04 Å².